The van der Waals surface area contributed by atoms with Crippen molar-refractivity contribution in [2.24, 2.45) is 0 Å². The van der Waals surface area contributed by atoms with Crippen LogP contribution in [0.3, 0.4) is 0 Å². The lowest BCUT2D eigenvalue weighted by molar-refractivity contribution is -0.147. The Kier molecular flexibility index (Phi) is 6.48. The van der Waals surface area contributed by atoms with Crippen molar-refractivity contribution in [2.75, 3.05) is 13.2 Å². The van der Waals surface area contributed by atoms with Gasteiger partial charge in [-0.25, -0.2) is 4.79 Å². The van der Waals surface area contributed by atoms with Crippen LogP contribution in [0.2, 0.25) is 0 Å². The Bertz CT molecular complexity index is 502. The minimum atomic E-state index is -1.23. The highest BCUT2D eigenvalue weighted by Gasteiger charge is 2.23. The lowest BCUT2D eigenvalue weighted by Crippen LogP contribution is -2.44. The molecule has 1 unspecified atom stereocenters. The molecule has 116 valence electrons. The number of hydrogen-bond donors (Lipinski definition) is 4. The van der Waals surface area contributed by atoms with Gasteiger partial charge in [0.2, 0.25) is 0 Å². The Morgan fingerprint density at radius 3 is 2.67 bits per heavy atom. The molecule has 0 aromatic heterocycles. The topological polar surface area (TPSA) is 116 Å². The molecule has 0 heterocycles. The smallest absolute Gasteiger partial charge is 0.331 e. The zero-order chi connectivity index (χ0) is 15.8. The Morgan fingerprint density at radius 1 is 1.33 bits per heavy atom. The van der Waals surface area contributed by atoms with Gasteiger partial charge in [-0.3, -0.25) is 4.79 Å². The fourth-order valence-electron chi connectivity index (χ4n) is 1.55. The first-order valence-corrected chi connectivity index (χ1v) is 6.60. The molecule has 1 rings (SSSR count). The van der Waals surface area contributed by atoms with Crippen molar-refractivity contribution in [1.82, 2.24) is 5.32 Å². The third-order valence-electron chi connectivity index (χ3n) is 2.77. The Labute approximate surface area is 122 Å². The van der Waals surface area contributed by atoms with Crippen molar-refractivity contribution in [3.63, 3.8) is 0 Å². The van der Waals surface area contributed by atoms with E-state index in [4.69, 9.17) is 9.84 Å². The molecule has 1 amide bonds. The Morgan fingerprint density at radius 2 is 2.05 bits per heavy atom. The molecule has 7 heteroatoms. The molecule has 0 fully saturated rings. The van der Waals surface area contributed by atoms with Crippen LogP contribution in [0.5, 0.6) is 11.5 Å². The van der Waals surface area contributed by atoms with Gasteiger partial charge in [0.05, 0.1) is 18.8 Å². The fourth-order valence-corrected chi connectivity index (χ4v) is 1.55. The molecule has 21 heavy (non-hydrogen) atoms. The number of unbranched alkanes of at least 4 members (excludes halogenated alkanes) is 1. The van der Waals surface area contributed by atoms with E-state index in [1.165, 1.54) is 18.2 Å². The van der Waals surface area contributed by atoms with E-state index in [1.54, 1.807) is 0 Å². The molecule has 0 aliphatic rings. The number of benzene rings is 1. The third-order valence-corrected chi connectivity index (χ3v) is 2.77. The van der Waals surface area contributed by atoms with E-state index in [0.29, 0.717) is 6.42 Å². The molecule has 4 N–H and O–H groups in total. The van der Waals surface area contributed by atoms with Gasteiger partial charge in [-0.15, -0.1) is 0 Å². The van der Waals surface area contributed by atoms with E-state index < -0.39 is 36.0 Å². The van der Waals surface area contributed by atoms with E-state index in [2.05, 4.69) is 5.32 Å². The highest BCUT2D eigenvalue weighted by atomic mass is 16.5. The number of ether oxygens (including phenoxy) is 1. The summed E-state index contributed by atoms with van der Waals surface area (Å²) < 4.78 is 4.90. The zero-order valence-electron chi connectivity index (χ0n) is 11.7. The number of phenols is 2. The molecule has 0 aliphatic carbocycles. The van der Waals surface area contributed by atoms with Gasteiger partial charge in [-0.2, -0.15) is 0 Å². The van der Waals surface area contributed by atoms with E-state index in [1.807, 2.05) is 6.92 Å². The summed E-state index contributed by atoms with van der Waals surface area (Å²) in [5, 5.41) is 30.3. The monoisotopic (exact) mass is 297 g/mol. The Hall–Kier alpha value is -2.28. The van der Waals surface area contributed by atoms with Crippen molar-refractivity contribution in [3.8, 4) is 11.5 Å². The molecule has 0 saturated heterocycles. The van der Waals surface area contributed by atoms with Gasteiger partial charge in [0.15, 0.2) is 17.5 Å². The molecule has 0 bridgehead atoms. The first kappa shape index (κ1) is 16.8. The largest absolute Gasteiger partial charge is 0.504 e. The number of carbonyl (C=O) groups excluding carboxylic acids is 2. The molecule has 0 spiro atoms. The van der Waals surface area contributed by atoms with Crippen molar-refractivity contribution in [1.29, 1.82) is 0 Å². The maximum atomic E-state index is 11.9. The highest BCUT2D eigenvalue weighted by Crippen LogP contribution is 2.27. The standard InChI is InChI=1S/C14H19NO6/c1-2-3-7-21-14(20)10(8-16)15-13(19)9-5-4-6-11(17)12(9)18/h4-6,10,16-18H,2-3,7-8H2,1H3,(H,15,19). The van der Waals surface area contributed by atoms with Crippen LogP contribution in [0.25, 0.3) is 0 Å². The van der Waals surface area contributed by atoms with E-state index in [0.717, 1.165) is 6.42 Å². The minimum absolute atomic E-state index is 0.199. The predicted octanol–water partition coefficient (Wildman–Crippen LogP) is 0.532. The fraction of sp³-hybridized carbons (Fsp3) is 0.429. The number of esters is 1. The van der Waals surface area contributed by atoms with Gasteiger partial charge < -0.3 is 25.4 Å². The number of nitrogens with one attached hydrogen (secondary N) is 1. The van der Waals surface area contributed by atoms with Crippen LogP contribution in [-0.4, -0.2) is 46.5 Å². The molecule has 7 nitrogen and oxygen atoms in total. The van der Waals surface area contributed by atoms with E-state index in [9.17, 15) is 19.8 Å². The molecular formula is C14H19NO6. The third kappa shape index (κ3) is 4.64. The molecule has 1 aromatic rings. The quantitative estimate of drug-likeness (QED) is 0.331. The molecule has 0 aliphatic heterocycles. The highest BCUT2D eigenvalue weighted by molar-refractivity contribution is 5.99. The van der Waals surface area contributed by atoms with E-state index in [-0.39, 0.29) is 12.2 Å². The average molecular weight is 297 g/mol. The van der Waals surface area contributed by atoms with Crippen LogP contribution in [0.15, 0.2) is 18.2 Å². The number of aromatic hydroxyl groups is 2. The van der Waals surface area contributed by atoms with Gasteiger partial charge in [0, 0.05) is 0 Å². The van der Waals surface area contributed by atoms with E-state index >= 15 is 0 Å². The molecule has 0 saturated carbocycles. The minimum Gasteiger partial charge on any atom is -0.504 e. The van der Waals surface area contributed by atoms with Crippen molar-refractivity contribution in [3.05, 3.63) is 23.8 Å². The van der Waals surface area contributed by atoms with Crippen LogP contribution in [-0.2, 0) is 9.53 Å². The maximum Gasteiger partial charge on any atom is 0.331 e. The number of para-hydroxylation sites is 1. The van der Waals surface area contributed by atoms with Crippen LogP contribution < -0.4 is 5.32 Å². The number of phenolic OH excluding ortho intramolecular Hbond substituents is 2. The SMILES string of the molecule is CCCCOC(=O)C(CO)NC(=O)c1cccc(O)c1O. The lowest BCUT2D eigenvalue weighted by atomic mass is 10.1. The molecular weight excluding hydrogens is 278 g/mol. The number of rotatable bonds is 7. The van der Waals surface area contributed by atoms with Crippen molar-refractivity contribution < 1.29 is 29.6 Å². The second-order valence-corrected chi connectivity index (χ2v) is 4.40. The van der Waals surface area contributed by atoms with Crippen LogP contribution in [0, 0.1) is 0 Å². The normalized spacial score (nSPS) is 11.7. The summed E-state index contributed by atoms with van der Waals surface area (Å²) in [6.07, 6.45) is 1.53. The summed E-state index contributed by atoms with van der Waals surface area (Å²) in [4.78, 5) is 23.6. The summed E-state index contributed by atoms with van der Waals surface area (Å²) in [6, 6.07) is 2.64. The number of aliphatic hydroxyl groups is 1. The second kappa shape index (κ2) is 8.11. The number of aliphatic hydroxyl groups excluding tert-OH is 1. The van der Waals surface area contributed by atoms with Crippen LogP contribution in [0.4, 0.5) is 0 Å². The zero-order valence-corrected chi connectivity index (χ0v) is 11.7. The number of amides is 1. The van der Waals surface area contributed by atoms with Gasteiger partial charge in [0.1, 0.15) is 0 Å². The lowest BCUT2D eigenvalue weighted by Gasteiger charge is -2.16. The summed E-state index contributed by atoms with van der Waals surface area (Å²) in [7, 11) is 0. The second-order valence-electron chi connectivity index (χ2n) is 4.40. The van der Waals surface area contributed by atoms with Gasteiger partial charge >= 0.3 is 5.97 Å². The number of hydrogen-bond acceptors (Lipinski definition) is 6. The van der Waals surface area contributed by atoms with Crippen molar-refractivity contribution in [2.45, 2.75) is 25.8 Å². The predicted molar refractivity (Wildman–Crippen MR) is 74.0 cm³/mol. The first-order chi connectivity index (χ1) is 10.0. The maximum absolute atomic E-state index is 11.9. The molecule has 1 aromatic carbocycles. The molecule has 0 radical (unpaired) electrons. The van der Waals surface area contributed by atoms with Crippen molar-refractivity contribution >= 4 is 11.9 Å². The van der Waals surface area contributed by atoms with Crippen LogP contribution in [0.1, 0.15) is 30.1 Å². The van der Waals surface area contributed by atoms with Gasteiger partial charge in [-0.1, -0.05) is 19.4 Å². The summed E-state index contributed by atoms with van der Waals surface area (Å²) in [5.74, 6) is -2.59. The van der Waals surface area contributed by atoms with Gasteiger partial charge in [-0.05, 0) is 18.6 Å². The summed E-state index contributed by atoms with van der Waals surface area (Å²) in [6.45, 7) is 1.51. The first-order valence-electron chi connectivity index (χ1n) is 6.60. The summed E-state index contributed by atoms with van der Waals surface area (Å²) in [5.41, 5.74) is -0.199. The average Bonchev–Trinajstić information content (AvgIpc) is 2.47. The molecule has 1 atom stereocenters. The summed E-state index contributed by atoms with van der Waals surface area (Å²) >= 11 is 0. The van der Waals surface area contributed by atoms with Crippen LogP contribution >= 0.6 is 0 Å². The van der Waals surface area contributed by atoms with Gasteiger partial charge in [0.25, 0.3) is 5.91 Å². The Balaban J connectivity index is 2.70. The number of carbonyl (C=O) groups is 2.